The van der Waals surface area contributed by atoms with Crippen LogP contribution < -0.4 is 11.1 Å². The quantitative estimate of drug-likeness (QED) is 0.224. The third kappa shape index (κ3) is 6.72. The fourth-order valence-corrected chi connectivity index (χ4v) is 7.88. The van der Waals surface area contributed by atoms with Crippen LogP contribution in [0.2, 0.25) is 0 Å². The molecule has 2 aromatic heterocycles. The molecule has 3 atom stereocenters. The van der Waals surface area contributed by atoms with Crippen molar-refractivity contribution in [1.29, 1.82) is 0 Å². The molecule has 3 heterocycles. The minimum absolute atomic E-state index is 0.0511. The maximum Gasteiger partial charge on any atom is 0.255 e. The van der Waals surface area contributed by atoms with E-state index >= 15 is 0 Å². The number of aromatic nitrogens is 2. The van der Waals surface area contributed by atoms with Gasteiger partial charge in [0.15, 0.2) is 0 Å². The number of piperazine rings is 1. The van der Waals surface area contributed by atoms with Crippen LogP contribution in [0, 0.1) is 0 Å². The Kier molecular flexibility index (Phi) is 9.41. The van der Waals surface area contributed by atoms with Crippen LogP contribution in [0.4, 0.5) is 5.82 Å². The number of fused-ring (bicyclic) bond motifs is 1. The number of nitrogens with zero attached hydrogens (tertiary/aromatic N) is 4. The number of amides is 1. The number of nitrogen functional groups attached to an aromatic ring is 1. The SMILES string of the molecule is Nc1ncc(-c2cncs2)cc1C(=O)N[C@H]1CCC[C@@H]1OCc1ccc(-c2ccc3c(c2)CC[C@@H]3N2CCN(CCO)CC2)cc1. The molecule has 7 rings (SSSR count). The number of rotatable bonds is 10. The maximum absolute atomic E-state index is 13.2. The number of aliphatic hydroxyl groups excluding tert-OH is 1. The van der Waals surface area contributed by atoms with E-state index in [1.54, 1.807) is 24.0 Å². The average Bonchev–Trinajstić information content (AvgIpc) is 3.87. The maximum atomic E-state index is 13.2. The summed E-state index contributed by atoms with van der Waals surface area (Å²) in [4.78, 5) is 27.5. The summed E-state index contributed by atoms with van der Waals surface area (Å²) in [5.41, 5.74) is 15.6. The Morgan fingerprint density at radius 3 is 2.61 bits per heavy atom. The van der Waals surface area contributed by atoms with Crippen LogP contribution in [0.5, 0.6) is 0 Å². The standard InChI is InChI=1S/C36H42N6O3S/c37-35-30(19-28(20-39-35)34-21-38-23-46-34)36(44)40-31-2-1-3-33(31)45-22-24-4-6-25(7-5-24)26-8-10-29-27(18-26)9-11-32(29)42-14-12-41(13-15-42)16-17-43/h4-8,10,18-21,23,31-33,43H,1-3,9,11-17,22H2,(H2,37,39)(H,40,44)/t31-,32-,33-/m0/s1. The summed E-state index contributed by atoms with van der Waals surface area (Å²) in [6, 6.07) is 17.9. The first-order valence-electron chi connectivity index (χ1n) is 16.4. The van der Waals surface area contributed by atoms with Crippen molar-refractivity contribution in [3.8, 4) is 21.6 Å². The number of hydrogen-bond acceptors (Lipinski definition) is 9. The van der Waals surface area contributed by atoms with Gasteiger partial charge in [-0.05, 0) is 66.0 Å². The van der Waals surface area contributed by atoms with Gasteiger partial charge in [0.25, 0.3) is 5.91 Å². The van der Waals surface area contributed by atoms with Crippen molar-refractivity contribution < 1.29 is 14.6 Å². The molecular weight excluding hydrogens is 597 g/mol. The first kappa shape index (κ1) is 31.0. The summed E-state index contributed by atoms with van der Waals surface area (Å²) < 4.78 is 6.36. The number of aryl methyl sites for hydroxylation is 1. The molecule has 1 saturated heterocycles. The van der Waals surface area contributed by atoms with Crippen molar-refractivity contribution in [2.24, 2.45) is 0 Å². The van der Waals surface area contributed by atoms with Crippen LogP contribution in [0.1, 0.15) is 58.8 Å². The van der Waals surface area contributed by atoms with Crippen LogP contribution in [-0.2, 0) is 17.8 Å². The van der Waals surface area contributed by atoms with Crippen LogP contribution in [-0.4, -0.2) is 82.3 Å². The normalized spacial score (nSPS) is 21.8. The van der Waals surface area contributed by atoms with Crippen molar-refractivity contribution in [3.05, 3.63) is 88.7 Å². The van der Waals surface area contributed by atoms with Gasteiger partial charge >= 0.3 is 0 Å². The molecule has 4 aromatic rings. The Hall–Kier alpha value is -3.67. The Bertz CT molecular complexity index is 1640. The van der Waals surface area contributed by atoms with E-state index in [2.05, 4.69) is 67.5 Å². The molecule has 1 aliphatic heterocycles. The lowest BCUT2D eigenvalue weighted by Gasteiger charge is -2.38. The third-order valence-electron chi connectivity index (χ3n) is 9.85. The highest BCUT2D eigenvalue weighted by molar-refractivity contribution is 7.13. The molecule has 1 amide bonds. The van der Waals surface area contributed by atoms with Crippen molar-refractivity contribution in [3.63, 3.8) is 0 Å². The summed E-state index contributed by atoms with van der Waals surface area (Å²) in [5, 5.41) is 12.4. The topological polar surface area (TPSA) is 117 Å². The van der Waals surface area contributed by atoms with Gasteiger partial charge < -0.3 is 20.9 Å². The smallest absolute Gasteiger partial charge is 0.255 e. The predicted molar refractivity (Wildman–Crippen MR) is 181 cm³/mol. The molecule has 0 spiro atoms. The van der Waals surface area contributed by atoms with Gasteiger partial charge in [0.1, 0.15) is 5.82 Å². The Morgan fingerprint density at radius 1 is 1.00 bits per heavy atom. The van der Waals surface area contributed by atoms with Crippen LogP contribution in [0.15, 0.2) is 66.4 Å². The van der Waals surface area contributed by atoms with Crippen molar-refractivity contribution in [2.45, 2.75) is 56.9 Å². The number of β-amino-alcohol motifs (C(OH)–C–C–N with tert-alkyl or cyclic N) is 1. The zero-order valence-electron chi connectivity index (χ0n) is 26.1. The highest BCUT2D eigenvalue weighted by atomic mass is 32.1. The Morgan fingerprint density at radius 2 is 1.83 bits per heavy atom. The Labute approximate surface area is 274 Å². The number of pyridine rings is 1. The monoisotopic (exact) mass is 638 g/mol. The zero-order chi connectivity index (χ0) is 31.5. The molecule has 2 aromatic carbocycles. The molecular formula is C36H42N6O3S. The van der Waals surface area contributed by atoms with Crippen molar-refractivity contribution >= 4 is 23.1 Å². The van der Waals surface area contributed by atoms with E-state index in [4.69, 9.17) is 10.5 Å². The van der Waals surface area contributed by atoms with Gasteiger partial charge in [-0.3, -0.25) is 19.6 Å². The minimum Gasteiger partial charge on any atom is -0.395 e. The van der Waals surface area contributed by atoms with E-state index in [1.807, 2.05) is 0 Å². The summed E-state index contributed by atoms with van der Waals surface area (Å²) in [6.07, 6.45) is 8.48. The predicted octanol–water partition coefficient (Wildman–Crippen LogP) is 4.92. The van der Waals surface area contributed by atoms with E-state index in [0.29, 0.717) is 18.2 Å². The fraction of sp³-hybridized carbons (Fsp3) is 0.417. The molecule has 1 saturated carbocycles. The van der Waals surface area contributed by atoms with E-state index < -0.39 is 0 Å². The van der Waals surface area contributed by atoms with Crippen LogP contribution >= 0.6 is 11.3 Å². The number of carbonyl (C=O) groups is 1. The van der Waals surface area contributed by atoms with E-state index in [-0.39, 0.29) is 30.5 Å². The molecule has 2 aliphatic carbocycles. The van der Waals surface area contributed by atoms with E-state index in [1.165, 1.54) is 40.0 Å². The minimum atomic E-state index is -0.220. The first-order chi connectivity index (χ1) is 22.6. The van der Waals surface area contributed by atoms with Gasteiger partial charge in [0, 0.05) is 56.7 Å². The molecule has 4 N–H and O–H groups in total. The lowest BCUT2D eigenvalue weighted by atomic mass is 9.98. The van der Waals surface area contributed by atoms with Gasteiger partial charge in [0.05, 0.1) is 41.3 Å². The van der Waals surface area contributed by atoms with Gasteiger partial charge in [-0.2, -0.15) is 0 Å². The van der Waals surface area contributed by atoms with Gasteiger partial charge in [-0.15, -0.1) is 11.3 Å². The average molecular weight is 639 g/mol. The zero-order valence-corrected chi connectivity index (χ0v) is 26.9. The molecule has 2 fully saturated rings. The lowest BCUT2D eigenvalue weighted by Crippen LogP contribution is -2.47. The van der Waals surface area contributed by atoms with E-state index in [0.717, 1.165) is 74.4 Å². The molecule has 9 nitrogen and oxygen atoms in total. The number of benzene rings is 2. The van der Waals surface area contributed by atoms with E-state index in [9.17, 15) is 9.90 Å². The number of aliphatic hydroxyl groups is 1. The summed E-state index contributed by atoms with van der Waals surface area (Å²) in [5.74, 6) is 0.000350. The number of nitrogens with one attached hydrogen (secondary N) is 1. The van der Waals surface area contributed by atoms with Crippen LogP contribution in [0.25, 0.3) is 21.6 Å². The third-order valence-corrected chi connectivity index (χ3v) is 10.7. The number of nitrogens with two attached hydrogens (primary N) is 1. The molecule has 240 valence electrons. The Balaban J connectivity index is 0.939. The molecule has 3 aliphatic rings. The second-order valence-corrected chi connectivity index (χ2v) is 13.5. The van der Waals surface area contributed by atoms with Gasteiger partial charge in [-0.25, -0.2) is 4.98 Å². The summed E-state index contributed by atoms with van der Waals surface area (Å²) >= 11 is 1.50. The number of hydrogen-bond donors (Lipinski definition) is 3. The van der Waals surface area contributed by atoms with Crippen molar-refractivity contribution in [2.75, 3.05) is 45.1 Å². The number of thiazole rings is 1. The highest BCUT2D eigenvalue weighted by Gasteiger charge is 2.31. The second kappa shape index (κ2) is 14.0. The molecule has 0 radical (unpaired) electrons. The summed E-state index contributed by atoms with van der Waals surface area (Å²) in [6.45, 7) is 5.72. The summed E-state index contributed by atoms with van der Waals surface area (Å²) in [7, 11) is 0. The highest BCUT2D eigenvalue weighted by Crippen LogP contribution is 2.38. The number of carbonyl (C=O) groups excluding carboxylic acids is 1. The fourth-order valence-electron chi connectivity index (χ4n) is 7.28. The molecule has 0 bridgehead atoms. The molecule has 10 heteroatoms. The van der Waals surface area contributed by atoms with Gasteiger partial charge in [-0.1, -0.05) is 42.5 Å². The second-order valence-electron chi connectivity index (χ2n) is 12.6. The largest absolute Gasteiger partial charge is 0.395 e. The first-order valence-corrected chi connectivity index (χ1v) is 17.3. The van der Waals surface area contributed by atoms with Gasteiger partial charge in [0.2, 0.25) is 0 Å². The number of anilines is 1. The van der Waals surface area contributed by atoms with Crippen molar-refractivity contribution in [1.82, 2.24) is 25.1 Å². The number of ether oxygens (including phenoxy) is 1. The lowest BCUT2D eigenvalue weighted by molar-refractivity contribution is 0.0272. The van der Waals surface area contributed by atoms with Crippen LogP contribution in [0.3, 0.4) is 0 Å². The molecule has 0 unspecified atom stereocenters. The molecule has 46 heavy (non-hydrogen) atoms.